The molecular formula is C13H12F2N2O4. The van der Waals surface area contributed by atoms with Crippen LogP contribution < -0.4 is 15.0 Å². The van der Waals surface area contributed by atoms with Gasteiger partial charge in [-0.2, -0.15) is 0 Å². The van der Waals surface area contributed by atoms with E-state index < -0.39 is 6.29 Å². The Bertz CT molecular complexity index is 633. The fraction of sp³-hybridized carbons (Fsp3) is 0.385. The number of aliphatic imine (C=N–C) groups is 1. The first-order valence-corrected chi connectivity index (χ1v) is 6.26. The van der Waals surface area contributed by atoms with Crippen LogP contribution in [0.3, 0.4) is 0 Å². The molecule has 0 spiro atoms. The monoisotopic (exact) mass is 298 g/mol. The van der Waals surface area contributed by atoms with Crippen molar-refractivity contribution in [1.82, 2.24) is 5.48 Å². The number of rotatable bonds is 3. The van der Waals surface area contributed by atoms with E-state index in [1.165, 1.54) is 25.2 Å². The Kier molecular flexibility index (Phi) is 3.05. The maximum absolute atomic E-state index is 12.9. The highest BCUT2D eigenvalue weighted by atomic mass is 19.3. The van der Waals surface area contributed by atoms with Crippen molar-refractivity contribution in [3.8, 4) is 11.5 Å². The summed E-state index contributed by atoms with van der Waals surface area (Å²) < 4.78 is 34.4. The smallest absolute Gasteiger partial charge is 0.395 e. The summed E-state index contributed by atoms with van der Waals surface area (Å²) in [4.78, 5) is 16.1. The summed E-state index contributed by atoms with van der Waals surface area (Å²) in [6.07, 6.45) is -3.15. The van der Waals surface area contributed by atoms with Gasteiger partial charge in [-0.15, -0.1) is 8.78 Å². The lowest BCUT2D eigenvalue weighted by molar-refractivity contribution is -0.286. The summed E-state index contributed by atoms with van der Waals surface area (Å²) in [6, 6.07) is 3.93. The molecule has 2 aliphatic rings. The van der Waals surface area contributed by atoms with Gasteiger partial charge in [-0.05, 0) is 24.6 Å². The highest BCUT2D eigenvalue weighted by molar-refractivity contribution is 6.04. The summed E-state index contributed by atoms with van der Waals surface area (Å²) in [5, 5.41) is 8.88. The fourth-order valence-electron chi connectivity index (χ4n) is 2.40. The van der Waals surface area contributed by atoms with Crippen LogP contribution in [0.5, 0.6) is 11.5 Å². The first-order valence-electron chi connectivity index (χ1n) is 6.26. The molecule has 6 nitrogen and oxygen atoms in total. The van der Waals surface area contributed by atoms with Crippen molar-refractivity contribution < 1.29 is 28.3 Å². The topological polar surface area (TPSA) is 80.2 Å². The quantitative estimate of drug-likeness (QED) is 0.385. The van der Waals surface area contributed by atoms with Crippen LogP contribution in [-0.4, -0.2) is 30.2 Å². The van der Waals surface area contributed by atoms with Crippen molar-refractivity contribution in [3.63, 3.8) is 0 Å². The van der Waals surface area contributed by atoms with Gasteiger partial charge in [0.25, 0.3) is 0 Å². The van der Waals surface area contributed by atoms with Crippen molar-refractivity contribution >= 4 is 11.6 Å². The number of benzene rings is 1. The zero-order chi connectivity index (χ0) is 15.2. The highest BCUT2D eigenvalue weighted by Gasteiger charge is 2.47. The van der Waals surface area contributed by atoms with Crippen molar-refractivity contribution in [1.29, 1.82) is 0 Å². The van der Waals surface area contributed by atoms with E-state index in [9.17, 15) is 13.6 Å². The number of hydrogen-bond acceptors (Lipinski definition) is 5. The SMILES string of the molecule is CN=C(NO)[C@H]1C[C@@H]1C(=O)c1ccc2c(c1)OC(F)(F)O2. The fourth-order valence-corrected chi connectivity index (χ4v) is 2.40. The standard InChI is InChI=1S/C13H12F2N2O4/c1-16-12(17-19)8-5-7(8)11(18)6-2-3-9-10(4-6)21-13(14,15)20-9/h2-4,7-8,19H,5H2,1H3,(H,16,17)/t7-,8-/m0/s1. The third-order valence-corrected chi connectivity index (χ3v) is 3.52. The third kappa shape index (κ3) is 2.42. The Balaban J connectivity index is 1.77. The molecule has 0 unspecified atom stereocenters. The molecule has 0 radical (unpaired) electrons. The molecule has 21 heavy (non-hydrogen) atoms. The number of hydrogen-bond donors (Lipinski definition) is 2. The number of ketones is 1. The second-order valence-electron chi connectivity index (χ2n) is 4.86. The summed E-state index contributed by atoms with van der Waals surface area (Å²) in [6.45, 7) is 0. The first kappa shape index (κ1) is 13.7. The minimum Gasteiger partial charge on any atom is -0.395 e. The van der Waals surface area contributed by atoms with Gasteiger partial charge in [0.15, 0.2) is 17.3 Å². The molecule has 0 saturated heterocycles. The normalized spacial score (nSPS) is 25.6. The van der Waals surface area contributed by atoms with E-state index in [1.54, 1.807) is 0 Å². The van der Waals surface area contributed by atoms with E-state index in [-0.39, 0.29) is 34.7 Å². The van der Waals surface area contributed by atoms with Crippen molar-refractivity contribution in [3.05, 3.63) is 23.8 Å². The second-order valence-corrected chi connectivity index (χ2v) is 4.86. The van der Waals surface area contributed by atoms with E-state index in [4.69, 9.17) is 5.21 Å². The largest absolute Gasteiger partial charge is 0.586 e. The third-order valence-electron chi connectivity index (χ3n) is 3.52. The Morgan fingerprint density at radius 2 is 2.10 bits per heavy atom. The molecule has 1 heterocycles. The molecule has 1 fully saturated rings. The highest BCUT2D eigenvalue weighted by Crippen LogP contribution is 2.45. The van der Waals surface area contributed by atoms with E-state index in [2.05, 4.69) is 14.5 Å². The number of carbonyl (C=O) groups excluding carboxylic acids is 1. The number of ether oxygens (including phenoxy) is 2. The molecule has 2 atom stereocenters. The second kappa shape index (κ2) is 4.66. The number of hydroxylamine groups is 1. The molecule has 8 heteroatoms. The number of alkyl halides is 2. The van der Waals surface area contributed by atoms with Gasteiger partial charge >= 0.3 is 6.29 Å². The predicted octanol–water partition coefficient (Wildman–Crippen LogP) is 1.83. The Labute approximate surface area is 118 Å². The zero-order valence-electron chi connectivity index (χ0n) is 11.0. The van der Waals surface area contributed by atoms with E-state index in [0.29, 0.717) is 12.3 Å². The number of carbonyl (C=O) groups is 1. The summed E-state index contributed by atoms with van der Waals surface area (Å²) in [5.74, 6) is -0.647. The van der Waals surface area contributed by atoms with Crippen LogP contribution in [0.4, 0.5) is 8.78 Å². The number of amidine groups is 1. The molecule has 1 aliphatic heterocycles. The molecule has 112 valence electrons. The van der Waals surface area contributed by atoms with Gasteiger partial charge in [0.05, 0.1) is 0 Å². The maximum atomic E-state index is 12.9. The molecule has 1 aromatic rings. The molecular weight excluding hydrogens is 286 g/mol. The number of fused-ring (bicyclic) bond motifs is 1. The number of Topliss-reactive ketones (excluding diaryl/α,β-unsaturated/α-hetero) is 1. The molecule has 1 saturated carbocycles. The van der Waals surface area contributed by atoms with Gasteiger partial charge in [-0.1, -0.05) is 0 Å². The molecule has 1 aliphatic carbocycles. The summed E-state index contributed by atoms with van der Waals surface area (Å²) in [5.41, 5.74) is 2.22. The van der Waals surface area contributed by atoms with E-state index >= 15 is 0 Å². The number of nitrogens with zero attached hydrogens (tertiary/aromatic N) is 1. The molecule has 0 aromatic heterocycles. The average molecular weight is 298 g/mol. The molecule has 0 amide bonds. The Morgan fingerprint density at radius 3 is 2.76 bits per heavy atom. The van der Waals surface area contributed by atoms with Gasteiger partial charge in [0.1, 0.15) is 5.84 Å². The Morgan fingerprint density at radius 1 is 1.38 bits per heavy atom. The van der Waals surface area contributed by atoms with Crippen LogP contribution in [-0.2, 0) is 0 Å². The number of halogens is 2. The van der Waals surface area contributed by atoms with Crippen LogP contribution in [0.25, 0.3) is 0 Å². The predicted molar refractivity (Wildman–Crippen MR) is 66.9 cm³/mol. The van der Waals surface area contributed by atoms with E-state index in [1.807, 2.05) is 5.48 Å². The van der Waals surface area contributed by atoms with Crippen molar-refractivity contribution in [2.45, 2.75) is 12.7 Å². The average Bonchev–Trinajstić information content (AvgIpc) is 3.14. The van der Waals surface area contributed by atoms with Crippen LogP contribution in [0.15, 0.2) is 23.2 Å². The van der Waals surface area contributed by atoms with Crippen LogP contribution in [0.2, 0.25) is 0 Å². The minimum atomic E-state index is -3.70. The van der Waals surface area contributed by atoms with Gasteiger partial charge in [-0.3, -0.25) is 20.5 Å². The minimum absolute atomic E-state index is 0.100. The molecule has 0 bridgehead atoms. The zero-order valence-corrected chi connectivity index (χ0v) is 11.0. The molecule has 1 aromatic carbocycles. The van der Waals surface area contributed by atoms with E-state index in [0.717, 1.165) is 0 Å². The Hall–Kier alpha value is -2.22. The lowest BCUT2D eigenvalue weighted by atomic mass is 10.1. The maximum Gasteiger partial charge on any atom is 0.586 e. The van der Waals surface area contributed by atoms with Crippen molar-refractivity contribution in [2.75, 3.05) is 7.05 Å². The summed E-state index contributed by atoms with van der Waals surface area (Å²) >= 11 is 0. The van der Waals surface area contributed by atoms with Gasteiger partial charge in [0, 0.05) is 24.4 Å². The molecule has 3 rings (SSSR count). The lowest BCUT2D eigenvalue weighted by Crippen LogP contribution is -2.25. The van der Waals surface area contributed by atoms with Crippen LogP contribution in [0, 0.1) is 11.8 Å². The first-order chi connectivity index (χ1) is 9.95. The number of nitrogens with one attached hydrogen (secondary N) is 1. The molecule has 2 N–H and O–H groups in total. The van der Waals surface area contributed by atoms with Crippen LogP contribution >= 0.6 is 0 Å². The van der Waals surface area contributed by atoms with Crippen molar-refractivity contribution in [2.24, 2.45) is 16.8 Å². The van der Waals surface area contributed by atoms with Crippen LogP contribution in [0.1, 0.15) is 16.8 Å². The lowest BCUT2D eigenvalue weighted by Gasteiger charge is -2.04. The van der Waals surface area contributed by atoms with Gasteiger partial charge < -0.3 is 9.47 Å². The van der Waals surface area contributed by atoms with Gasteiger partial charge in [0.2, 0.25) is 0 Å². The van der Waals surface area contributed by atoms with Gasteiger partial charge in [-0.25, -0.2) is 0 Å². The summed E-state index contributed by atoms with van der Waals surface area (Å²) in [7, 11) is 1.50.